The summed E-state index contributed by atoms with van der Waals surface area (Å²) in [4.78, 5) is 0. The summed E-state index contributed by atoms with van der Waals surface area (Å²) < 4.78 is 7.63. The van der Waals surface area contributed by atoms with Crippen LogP contribution in [0, 0.1) is 4.77 Å². The molecule has 0 unspecified atom stereocenters. The number of aromatic nitrogens is 3. The van der Waals surface area contributed by atoms with Crippen LogP contribution in [-0.4, -0.2) is 14.8 Å². The summed E-state index contributed by atoms with van der Waals surface area (Å²) >= 11 is 5.26. The second-order valence-electron chi connectivity index (χ2n) is 3.94. The van der Waals surface area contributed by atoms with Gasteiger partial charge in [0, 0.05) is 11.1 Å². The number of rotatable bonds is 3. The van der Waals surface area contributed by atoms with Gasteiger partial charge in [-0.05, 0) is 18.3 Å². The van der Waals surface area contributed by atoms with Crippen molar-refractivity contribution >= 4 is 12.2 Å². The molecule has 1 aromatic carbocycles. The van der Waals surface area contributed by atoms with Crippen LogP contribution in [0.25, 0.3) is 11.4 Å². The molecule has 2 aromatic heterocycles. The standard InChI is InChI=1S/C13H11N3OS/c18-13-15-14-12(11-4-2-1-3-5-11)16(13)8-10-6-7-17-9-10/h1-7,9H,8H2,(H,15,18). The number of furan rings is 1. The molecule has 0 atom stereocenters. The molecular weight excluding hydrogens is 246 g/mol. The van der Waals surface area contributed by atoms with Gasteiger partial charge in [-0.3, -0.25) is 9.67 Å². The minimum absolute atomic E-state index is 0.607. The van der Waals surface area contributed by atoms with Gasteiger partial charge in [-0.25, -0.2) is 0 Å². The lowest BCUT2D eigenvalue weighted by Crippen LogP contribution is -2.01. The van der Waals surface area contributed by atoms with E-state index in [0.717, 1.165) is 17.0 Å². The Morgan fingerprint density at radius 2 is 2.06 bits per heavy atom. The Bertz CT molecular complexity index is 683. The van der Waals surface area contributed by atoms with E-state index in [9.17, 15) is 0 Å². The second-order valence-corrected chi connectivity index (χ2v) is 4.32. The zero-order valence-corrected chi connectivity index (χ0v) is 10.4. The van der Waals surface area contributed by atoms with E-state index in [1.165, 1.54) is 0 Å². The number of hydrogen-bond donors (Lipinski definition) is 1. The van der Waals surface area contributed by atoms with Crippen LogP contribution in [0.5, 0.6) is 0 Å². The predicted octanol–water partition coefficient (Wildman–Crippen LogP) is 3.25. The average Bonchev–Trinajstić information content (AvgIpc) is 3.03. The monoisotopic (exact) mass is 257 g/mol. The maximum atomic E-state index is 5.26. The lowest BCUT2D eigenvalue weighted by Gasteiger charge is -2.04. The van der Waals surface area contributed by atoms with Crippen molar-refractivity contribution in [1.82, 2.24) is 14.8 Å². The molecule has 0 saturated heterocycles. The molecule has 0 spiro atoms. The van der Waals surface area contributed by atoms with Gasteiger partial charge in [0.2, 0.25) is 0 Å². The number of nitrogens with zero attached hydrogens (tertiary/aromatic N) is 2. The van der Waals surface area contributed by atoms with Crippen LogP contribution in [0.15, 0.2) is 53.3 Å². The average molecular weight is 257 g/mol. The van der Waals surface area contributed by atoms with Gasteiger partial charge in [-0.1, -0.05) is 30.3 Å². The van der Waals surface area contributed by atoms with Crippen molar-refractivity contribution in [3.63, 3.8) is 0 Å². The van der Waals surface area contributed by atoms with Crippen molar-refractivity contribution in [3.05, 3.63) is 59.3 Å². The fraction of sp³-hybridized carbons (Fsp3) is 0.0769. The highest BCUT2D eigenvalue weighted by Gasteiger charge is 2.09. The van der Waals surface area contributed by atoms with E-state index >= 15 is 0 Å². The summed E-state index contributed by atoms with van der Waals surface area (Å²) in [5, 5.41) is 7.12. The van der Waals surface area contributed by atoms with Gasteiger partial charge in [0.05, 0.1) is 19.1 Å². The predicted molar refractivity (Wildman–Crippen MR) is 70.7 cm³/mol. The first-order valence-electron chi connectivity index (χ1n) is 5.56. The van der Waals surface area contributed by atoms with E-state index in [0.29, 0.717) is 11.3 Å². The fourth-order valence-corrected chi connectivity index (χ4v) is 2.03. The molecule has 0 saturated carbocycles. The third-order valence-corrected chi connectivity index (χ3v) is 3.02. The van der Waals surface area contributed by atoms with Gasteiger partial charge in [0.1, 0.15) is 0 Å². The molecule has 0 aliphatic rings. The maximum absolute atomic E-state index is 5.26. The van der Waals surface area contributed by atoms with Crippen LogP contribution in [0.3, 0.4) is 0 Å². The first-order chi connectivity index (χ1) is 8.84. The molecule has 0 radical (unpaired) electrons. The molecule has 1 N–H and O–H groups in total. The van der Waals surface area contributed by atoms with Gasteiger partial charge in [-0.2, -0.15) is 5.10 Å². The molecule has 2 heterocycles. The molecule has 0 bridgehead atoms. The van der Waals surface area contributed by atoms with Gasteiger partial charge >= 0.3 is 0 Å². The minimum Gasteiger partial charge on any atom is -0.472 e. The van der Waals surface area contributed by atoms with Crippen molar-refractivity contribution in [1.29, 1.82) is 0 Å². The van der Waals surface area contributed by atoms with Crippen LogP contribution in [-0.2, 0) is 6.54 Å². The van der Waals surface area contributed by atoms with Crippen molar-refractivity contribution in [2.75, 3.05) is 0 Å². The van der Waals surface area contributed by atoms with Gasteiger partial charge in [0.25, 0.3) is 0 Å². The Hall–Kier alpha value is -2.14. The highest BCUT2D eigenvalue weighted by molar-refractivity contribution is 7.71. The van der Waals surface area contributed by atoms with Crippen molar-refractivity contribution in [3.8, 4) is 11.4 Å². The Morgan fingerprint density at radius 1 is 1.22 bits per heavy atom. The lowest BCUT2D eigenvalue weighted by atomic mass is 10.2. The van der Waals surface area contributed by atoms with E-state index in [-0.39, 0.29) is 0 Å². The number of aromatic amines is 1. The Morgan fingerprint density at radius 3 is 2.78 bits per heavy atom. The minimum atomic E-state index is 0.607. The smallest absolute Gasteiger partial charge is 0.195 e. The van der Waals surface area contributed by atoms with Crippen LogP contribution in [0.1, 0.15) is 5.56 Å². The number of benzene rings is 1. The third-order valence-electron chi connectivity index (χ3n) is 2.71. The normalized spacial score (nSPS) is 10.7. The summed E-state index contributed by atoms with van der Waals surface area (Å²) in [6.45, 7) is 0.649. The van der Waals surface area contributed by atoms with Crippen molar-refractivity contribution in [2.45, 2.75) is 6.54 Å². The zero-order chi connectivity index (χ0) is 12.4. The van der Waals surface area contributed by atoms with E-state index in [1.807, 2.05) is 41.0 Å². The molecule has 3 aromatic rings. The SMILES string of the molecule is S=c1[nH]nc(-c2ccccc2)n1Cc1ccoc1. The highest BCUT2D eigenvalue weighted by Crippen LogP contribution is 2.18. The molecular formula is C13H11N3OS. The molecule has 0 aliphatic carbocycles. The van der Waals surface area contributed by atoms with E-state index in [1.54, 1.807) is 12.5 Å². The van der Waals surface area contributed by atoms with Crippen LogP contribution >= 0.6 is 12.2 Å². The molecule has 90 valence electrons. The lowest BCUT2D eigenvalue weighted by molar-refractivity contribution is 0.562. The molecule has 3 rings (SSSR count). The first-order valence-corrected chi connectivity index (χ1v) is 5.97. The molecule has 5 heteroatoms. The fourth-order valence-electron chi connectivity index (χ4n) is 1.84. The summed E-state index contributed by atoms with van der Waals surface area (Å²) in [5.74, 6) is 0.835. The number of nitrogens with one attached hydrogen (secondary N) is 1. The van der Waals surface area contributed by atoms with E-state index < -0.39 is 0 Å². The van der Waals surface area contributed by atoms with E-state index in [4.69, 9.17) is 16.6 Å². The summed E-state index contributed by atoms with van der Waals surface area (Å²) in [5.41, 5.74) is 2.10. The zero-order valence-electron chi connectivity index (χ0n) is 9.54. The van der Waals surface area contributed by atoms with Crippen LogP contribution < -0.4 is 0 Å². The first kappa shape index (κ1) is 11.0. The van der Waals surface area contributed by atoms with Gasteiger partial charge < -0.3 is 4.42 Å². The van der Waals surface area contributed by atoms with Crippen LogP contribution in [0.2, 0.25) is 0 Å². The van der Waals surface area contributed by atoms with Gasteiger partial charge in [-0.15, -0.1) is 0 Å². The van der Waals surface area contributed by atoms with E-state index in [2.05, 4.69) is 10.2 Å². The number of H-pyrrole nitrogens is 1. The molecule has 0 amide bonds. The quantitative estimate of drug-likeness (QED) is 0.733. The Balaban J connectivity index is 2.04. The summed E-state index contributed by atoms with van der Waals surface area (Å²) in [7, 11) is 0. The molecule has 0 fully saturated rings. The number of hydrogen-bond acceptors (Lipinski definition) is 3. The topological polar surface area (TPSA) is 46.8 Å². The second kappa shape index (κ2) is 4.62. The molecule has 0 aliphatic heterocycles. The van der Waals surface area contributed by atoms with Gasteiger partial charge in [0.15, 0.2) is 10.6 Å². The summed E-state index contributed by atoms with van der Waals surface area (Å²) in [6.07, 6.45) is 3.37. The van der Waals surface area contributed by atoms with Crippen molar-refractivity contribution < 1.29 is 4.42 Å². The van der Waals surface area contributed by atoms with Crippen molar-refractivity contribution in [2.24, 2.45) is 0 Å². The Kier molecular flexibility index (Phi) is 2.82. The maximum Gasteiger partial charge on any atom is 0.195 e. The largest absolute Gasteiger partial charge is 0.472 e. The molecule has 4 nitrogen and oxygen atoms in total. The third kappa shape index (κ3) is 2.00. The Labute approximate surface area is 109 Å². The molecule has 18 heavy (non-hydrogen) atoms. The summed E-state index contributed by atoms with van der Waals surface area (Å²) in [6, 6.07) is 11.9. The van der Waals surface area contributed by atoms with Crippen LogP contribution in [0.4, 0.5) is 0 Å². The highest BCUT2D eigenvalue weighted by atomic mass is 32.1.